The van der Waals surface area contributed by atoms with Crippen LogP contribution in [0.3, 0.4) is 0 Å². The second-order valence-corrected chi connectivity index (χ2v) is 7.28. The summed E-state index contributed by atoms with van der Waals surface area (Å²) < 4.78 is 22.2. The quantitative estimate of drug-likeness (QED) is 0.329. The molecule has 0 aliphatic carbocycles. The Morgan fingerprint density at radius 2 is 2.23 bits per heavy atom. The second-order valence-electron chi connectivity index (χ2n) is 6.04. The first-order chi connectivity index (χ1) is 12.1. The van der Waals surface area contributed by atoms with E-state index >= 15 is 0 Å². The zero-order valence-corrected chi connectivity index (χ0v) is 14.4. The first kappa shape index (κ1) is 18.8. The summed E-state index contributed by atoms with van der Waals surface area (Å²) >= 11 is 0. The molecule has 1 saturated heterocycles. The molecule has 0 bridgehead atoms. The summed E-state index contributed by atoms with van der Waals surface area (Å²) in [6, 6.07) is 0. The van der Waals surface area contributed by atoms with Gasteiger partial charge in [-0.25, -0.2) is 14.5 Å². The van der Waals surface area contributed by atoms with E-state index in [1.165, 1.54) is 24.0 Å². The third kappa shape index (κ3) is 3.08. The average Bonchev–Trinajstić information content (AvgIpc) is 3.02. The molecular formula is C14H17N4O7P. The number of ether oxygens (including phenoxy) is 1. The summed E-state index contributed by atoms with van der Waals surface area (Å²) in [6.07, 6.45) is 4.30. The molecule has 0 unspecified atom stereocenters. The highest BCUT2D eigenvalue weighted by molar-refractivity contribution is 7.46. The van der Waals surface area contributed by atoms with Crippen molar-refractivity contribution in [1.82, 2.24) is 14.5 Å². The van der Waals surface area contributed by atoms with Crippen LogP contribution in [0.25, 0.3) is 11.0 Å². The van der Waals surface area contributed by atoms with Gasteiger partial charge in [0.15, 0.2) is 6.23 Å². The van der Waals surface area contributed by atoms with Crippen molar-refractivity contribution in [3.63, 3.8) is 0 Å². The zero-order valence-electron chi connectivity index (χ0n) is 13.6. The molecule has 1 aliphatic rings. The van der Waals surface area contributed by atoms with Crippen molar-refractivity contribution in [2.24, 2.45) is 0 Å². The van der Waals surface area contributed by atoms with Crippen LogP contribution in [-0.4, -0.2) is 59.0 Å². The first-order valence-electron chi connectivity index (χ1n) is 7.40. The summed E-state index contributed by atoms with van der Waals surface area (Å²) in [5.41, 5.74) is 4.65. The molecule has 0 amide bonds. The molecule has 6 N–H and O–H groups in total. The number of aliphatic hydroxyl groups excluding tert-OH is 1. The fraction of sp³-hybridized carbons (Fsp3) is 0.429. The maximum Gasteiger partial charge on any atom is 0.469 e. The maximum absolute atomic E-state index is 10.9. The predicted octanol–water partition coefficient (Wildman–Crippen LogP) is -0.887. The zero-order chi connectivity index (χ0) is 19.3. The van der Waals surface area contributed by atoms with Gasteiger partial charge in [0.1, 0.15) is 35.6 Å². The molecule has 0 saturated carbocycles. The van der Waals surface area contributed by atoms with Crippen LogP contribution in [0.2, 0.25) is 0 Å². The van der Waals surface area contributed by atoms with Crippen LogP contribution in [0.1, 0.15) is 18.7 Å². The van der Waals surface area contributed by atoms with E-state index < -0.39 is 38.5 Å². The van der Waals surface area contributed by atoms with Crippen LogP contribution in [0.4, 0.5) is 5.82 Å². The van der Waals surface area contributed by atoms with Gasteiger partial charge in [-0.1, -0.05) is 5.92 Å². The molecule has 26 heavy (non-hydrogen) atoms. The van der Waals surface area contributed by atoms with E-state index in [9.17, 15) is 14.8 Å². The third-order valence-corrected chi connectivity index (χ3v) is 4.69. The molecule has 0 radical (unpaired) electrons. The summed E-state index contributed by atoms with van der Waals surface area (Å²) in [5.74, 6) is 2.58. The summed E-state index contributed by atoms with van der Waals surface area (Å²) in [6.45, 7) is 0.683. The molecule has 3 heterocycles. The van der Waals surface area contributed by atoms with Gasteiger partial charge in [0.25, 0.3) is 0 Å². The van der Waals surface area contributed by atoms with Crippen molar-refractivity contribution in [3.05, 3.63) is 18.1 Å². The Bertz CT molecular complexity index is 931. The van der Waals surface area contributed by atoms with Crippen LogP contribution in [-0.2, 0) is 13.8 Å². The SMILES string of the molecule is C#Cc1cn([C@@H]2O[C@H](COP(=O)(O)O)[C@@H](O)[C@@]2(C)O)c2ncnc(N)c12. The minimum atomic E-state index is -4.77. The van der Waals surface area contributed by atoms with Crippen LogP contribution in [0.5, 0.6) is 0 Å². The Hall–Kier alpha value is -2.03. The molecule has 1 aliphatic heterocycles. The lowest BCUT2D eigenvalue weighted by Gasteiger charge is -2.27. The average molecular weight is 384 g/mol. The lowest BCUT2D eigenvalue weighted by molar-refractivity contribution is -0.0947. The number of phosphoric ester groups is 1. The number of terminal acetylenes is 1. The number of nitrogens with two attached hydrogens (primary N) is 1. The van der Waals surface area contributed by atoms with Gasteiger partial charge in [-0.05, 0) is 6.92 Å². The minimum Gasteiger partial charge on any atom is -0.387 e. The van der Waals surface area contributed by atoms with Crippen molar-refractivity contribution >= 4 is 24.7 Å². The number of phosphoric acid groups is 1. The highest BCUT2D eigenvalue weighted by Gasteiger charge is 2.54. The molecule has 140 valence electrons. The fourth-order valence-electron chi connectivity index (χ4n) is 2.94. The molecule has 2 aromatic rings. The van der Waals surface area contributed by atoms with E-state index in [0.717, 1.165) is 0 Å². The maximum atomic E-state index is 10.9. The van der Waals surface area contributed by atoms with Crippen LogP contribution < -0.4 is 5.73 Å². The number of anilines is 1. The molecule has 0 aromatic carbocycles. The molecule has 2 aromatic heterocycles. The van der Waals surface area contributed by atoms with Gasteiger partial charge in [-0.2, -0.15) is 0 Å². The van der Waals surface area contributed by atoms with Crippen molar-refractivity contribution in [2.75, 3.05) is 12.3 Å². The highest BCUT2D eigenvalue weighted by atomic mass is 31.2. The Kier molecular flexibility index (Phi) is 4.54. The Morgan fingerprint density at radius 3 is 2.85 bits per heavy atom. The first-order valence-corrected chi connectivity index (χ1v) is 8.93. The molecule has 3 rings (SSSR count). The molecule has 1 fully saturated rings. The van der Waals surface area contributed by atoms with E-state index in [0.29, 0.717) is 10.9 Å². The van der Waals surface area contributed by atoms with Crippen molar-refractivity contribution in [1.29, 1.82) is 0 Å². The Morgan fingerprint density at radius 1 is 1.54 bits per heavy atom. The monoisotopic (exact) mass is 384 g/mol. The highest BCUT2D eigenvalue weighted by Crippen LogP contribution is 2.43. The third-order valence-electron chi connectivity index (χ3n) is 4.21. The predicted molar refractivity (Wildman–Crippen MR) is 88.4 cm³/mol. The number of rotatable bonds is 4. The number of nitrogen functional groups attached to an aromatic ring is 1. The van der Waals surface area contributed by atoms with Gasteiger partial charge in [0, 0.05) is 6.20 Å². The van der Waals surface area contributed by atoms with E-state index in [1.54, 1.807) is 0 Å². The van der Waals surface area contributed by atoms with Crippen molar-refractivity contribution in [3.8, 4) is 12.3 Å². The largest absolute Gasteiger partial charge is 0.469 e. The van der Waals surface area contributed by atoms with Crippen LogP contribution in [0, 0.1) is 12.3 Å². The number of hydrogen-bond donors (Lipinski definition) is 5. The van der Waals surface area contributed by atoms with Crippen molar-refractivity contribution < 1.29 is 33.8 Å². The molecule has 4 atom stereocenters. The molecule has 0 spiro atoms. The van der Waals surface area contributed by atoms with Crippen LogP contribution in [0.15, 0.2) is 12.5 Å². The molecular weight excluding hydrogens is 367 g/mol. The standard InChI is InChI=1S/C14H17N4O7P/c1-3-7-4-18(12-9(7)11(15)16-6-17-12)13-14(2,20)10(19)8(25-13)5-24-26(21,22)23/h1,4,6,8,10,13,19-20H,5H2,2H3,(H2,15,16,17)(H2,21,22,23)/t8-,10-,13-,14-/m1/s1. The Balaban J connectivity index is 2.02. The summed E-state index contributed by atoms with van der Waals surface area (Å²) in [5, 5.41) is 21.4. The second kappa shape index (κ2) is 6.29. The topological polar surface area (TPSA) is 173 Å². The summed E-state index contributed by atoms with van der Waals surface area (Å²) in [4.78, 5) is 25.6. The number of nitrogens with zero attached hydrogens (tertiary/aromatic N) is 3. The number of aromatic nitrogens is 3. The van der Waals surface area contributed by atoms with Crippen LogP contribution >= 0.6 is 7.82 Å². The van der Waals surface area contributed by atoms with E-state index in [4.69, 9.17) is 26.7 Å². The smallest absolute Gasteiger partial charge is 0.387 e. The lowest BCUT2D eigenvalue weighted by Crippen LogP contribution is -2.44. The number of aliphatic hydroxyl groups is 2. The van der Waals surface area contributed by atoms with Crippen molar-refractivity contribution in [2.45, 2.75) is 31.0 Å². The lowest BCUT2D eigenvalue weighted by atomic mass is 9.96. The summed E-state index contributed by atoms with van der Waals surface area (Å²) in [7, 11) is -4.77. The fourth-order valence-corrected chi connectivity index (χ4v) is 3.29. The normalized spacial score (nSPS) is 29.2. The van der Waals surface area contributed by atoms with Gasteiger partial charge in [-0.15, -0.1) is 6.42 Å². The number of fused-ring (bicyclic) bond motifs is 1. The number of hydrogen-bond acceptors (Lipinski definition) is 8. The molecule has 12 heteroatoms. The van der Waals surface area contributed by atoms with E-state index in [1.807, 2.05) is 0 Å². The van der Waals surface area contributed by atoms with Gasteiger partial charge < -0.3 is 35.0 Å². The van der Waals surface area contributed by atoms with Gasteiger partial charge in [0.2, 0.25) is 0 Å². The Labute approximate surface area is 147 Å². The van der Waals surface area contributed by atoms with E-state index in [2.05, 4.69) is 20.4 Å². The van der Waals surface area contributed by atoms with Gasteiger partial charge >= 0.3 is 7.82 Å². The molecule has 11 nitrogen and oxygen atoms in total. The van der Waals surface area contributed by atoms with E-state index in [-0.39, 0.29) is 11.5 Å². The van der Waals surface area contributed by atoms with Gasteiger partial charge in [0.05, 0.1) is 17.6 Å². The van der Waals surface area contributed by atoms with Gasteiger partial charge in [-0.3, -0.25) is 4.52 Å². The minimum absolute atomic E-state index is 0.140.